The zero-order valence-corrected chi connectivity index (χ0v) is 7.02. The average Bonchev–Trinajstić information content (AvgIpc) is 2.58. The Kier molecular flexibility index (Phi) is 1.78. The predicted molar refractivity (Wildman–Crippen MR) is 48.4 cm³/mol. The van der Waals surface area contributed by atoms with Gasteiger partial charge >= 0.3 is 5.97 Å². The number of nitrogens with zero attached hydrogens (tertiary/aromatic N) is 1. The number of fused-ring (bicyclic) bond motifs is 1. The van der Waals surface area contributed by atoms with E-state index in [0.29, 0.717) is 22.9 Å². The fourth-order valence-electron chi connectivity index (χ4n) is 1.23. The number of H-pyrrole nitrogens is 1. The van der Waals surface area contributed by atoms with Crippen LogP contribution >= 0.6 is 0 Å². The number of aromatic carboxylic acids is 1. The van der Waals surface area contributed by atoms with Crippen molar-refractivity contribution in [3.63, 3.8) is 0 Å². The molecule has 0 aromatic carbocycles. The fourth-order valence-corrected chi connectivity index (χ4v) is 1.23. The second-order valence-corrected chi connectivity index (χ2v) is 2.80. The second-order valence-electron chi connectivity index (χ2n) is 2.80. The van der Waals surface area contributed by atoms with Crippen LogP contribution in [0, 0.1) is 0 Å². The summed E-state index contributed by atoms with van der Waals surface area (Å²) in [6.45, 7) is 0. The van der Waals surface area contributed by atoms with Gasteiger partial charge in [-0.15, -0.1) is 0 Å². The lowest BCUT2D eigenvalue weighted by Gasteiger charge is -1.92. The molecule has 0 spiro atoms. The molecule has 0 bridgehead atoms. The molecule has 0 saturated carbocycles. The Morgan fingerprint density at radius 3 is 2.93 bits per heavy atom. The van der Waals surface area contributed by atoms with Gasteiger partial charge in [-0.1, -0.05) is 0 Å². The van der Waals surface area contributed by atoms with Crippen molar-refractivity contribution >= 4 is 23.2 Å². The van der Waals surface area contributed by atoms with E-state index in [-0.39, 0.29) is 5.69 Å². The van der Waals surface area contributed by atoms with Crippen molar-refractivity contribution in [2.24, 2.45) is 0 Å². The van der Waals surface area contributed by atoms with Gasteiger partial charge in [-0.05, 0) is 12.1 Å². The van der Waals surface area contributed by atoms with Crippen molar-refractivity contribution in [3.05, 3.63) is 29.7 Å². The molecular weight excluding hydrogens is 184 g/mol. The van der Waals surface area contributed by atoms with E-state index >= 15 is 0 Å². The number of hydrogen-bond acceptors (Lipinski definition) is 3. The molecule has 2 aromatic rings. The quantitative estimate of drug-likeness (QED) is 0.694. The van der Waals surface area contributed by atoms with Gasteiger partial charge in [-0.3, -0.25) is 4.79 Å². The van der Waals surface area contributed by atoms with Gasteiger partial charge in [0, 0.05) is 5.39 Å². The number of aromatic amines is 1. The second kappa shape index (κ2) is 2.95. The number of aldehydes is 1. The molecule has 0 aliphatic rings. The molecule has 5 nitrogen and oxygen atoms in total. The third-order valence-electron chi connectivity index (χ3n) is 1.87. The van der Waals surface area contributed by atoms with Crippen molar-refractivity contribution in [2.75, 3.05) is 0 Å². The maximum atomic E-state index is 10.6. The van der Waals surface area contributed by atoms with E-state index in [4.69, 9.17) is 5.11 Å². The Balaban J connectivity index is 2.65. The summed E-state index contributed by atoms with van der Waals surface area (Å²) in [4.78, 5) is 27.5. The zero-order valence-electron chi connectivity index (χ0n) is 7.02. The van der Waals surface area contributed by atoms with Crippen LogP contribution in [0.5, 0.6) is 0 Å². The van der Waals surface area contributed by atoms with Gasteiger partial charge in [0.25, 0.3) is 0 Å². The van der Waals surface area contributed by atoms with Crippen LogP contribution in [0.1, 0.15) is 21.0 Å². The van der Waals surface area contributed by atoms with Crippen LogP contribution < -0.4 is 0 Å². The summed E-state index contributed by atoms with van der Waals surface area (Å²) in [5.41, 5.74) is 1.02. The predicted octanol–water partition coefficient (Wildman–Crippen LogP) is 1.07. The minimum atomic E-state index is -1.08. The van der Waals surface area contributed by atoms with Gasteiger partial charge in [0.1, 0.15) is 5.69 Å². The lowest BCUT2D eigenvalue weighted by Crippen LogP contribution is -1.98. The molecule has 2 N–H and O–H groups in total. The van der Waals surface area contributed by atoms with E-state index in [9.17, 15) is 9.59 Å². The Morgan fingerprint density at radius 2 is 2.29 bits per heavy atom. The zero-order chi connectivity index (χ0) is 10.1. The van der Waals surface area contributed by atoms with Gasteiger partial charge in [0.05, 0.1) is 17.4 Å². The minimum Gasteiger partial charge on any atom is -0.477 e. The highest BCUT2D eigenvalue weighted by atomic mass is 16.4. The molecule has 2 aromatic heterocycles. The number of carbonyl (C=O) groups excluding carboxylic acids is 1. The fraction of sp³-hybridized carbons (Fsp3) is 0. The number of nitrogens with one attached hydrogen (secondary N) is 1. The summed E-state index contributed by atoms with van der Waals surface area (Å²) in [6, 6.07) is 3.00. The topological polar surface area (TPSA) is 83.1 Å². The molecule has 0 atom stereocenters. The molecule has 0 aliphatic carbocycles. The SMILES string of the molecule is O=Cc1cc2cc(C(=O)O)ncc2[nH]1. The van der Waals surface area contributed by atoms with Crippen LogP contribution in [0.4, 0.5) is 0 Å². The molecule has 2 rings (SSSR count). The van der Waals surface area contributed by atoms with E-state index in [1.165, 1.54) is 12.3 Å². The highest BCUT2D eigenvalue weighted by Gasteiger charge is 2.06. The molecule has 5 heteroatoms. The highest BCUT2D eigenvalue weighted by molar-refractivity contribution is 5.93. The minimum absolute atomic E-state index is 0.0334. The van der Waals surface area contributed by atoms with Crippen molar-refractivity contribution in [3.8, 4) is 0 Å². The normalized spacial score (nSPS) is 10.3. The summed E-state index contributed by atoms with van der Waals surface area (Å²) in [5.74, 6) is -1.08. The van der Waals surface area contributed by atoms with Crippen LogP contribution in [-0.2, 0) is 0 Å². The Bertz CT molecular complexity index is 516. The van der Waals surface area contributed by atoms with Crippen molar-refractivity contribution < 1.29 is 14.7 Å². The standard InChI is InChI=1S/C9H6N2O3/c12-4-6-1-5-2-7(9(13)14)10-3-8(5)11-6/h1-4,11H,(H,13,14). The van der Waals surface area contributed by atoms with Gasteiger partial charge in [-0.25, -0.2) is 9.78 Å². The number of carboxylic acid groups (broad SMARTS) is 1. The van der Waals surface area contributed by atoms with Crippen molar-refractivity contribution in [2.45, 2.75) is 0 Å². The number of carbonyl (C=O) groups is 2. The Morgan fingerprint density at radius 1 is 1.50 bits per heavy atom. The van der Waals surface area contributed by atoms with Gasteiger partial charge in [0.15, 0.2) is 6.29 Å². The number of rotatable bonds is 2. The van der Waals surface area contributed by atoms with Crippen LogP contribution in [0.25, 0.3) is 10.9 Å². The maximum absolute atomic E-state index is 10.6. The number of hydrogen-bond donors (Lipinski definition) is 2. The van der Waals surface area contributed by atoms with E-state index < -0.39 is 5.97 Å². The van der Waals surface area contributed by atoms with Crippen molar-refractivity contribution in [1.29, 1.82) is 0 Å². The molecule has 2 heterocycles. The van der Waals surface area contributed by atoms with Crippen LogP contribution in [-0.4, -0.2) is 27.3 Å². The molecule has 0 aliphatic heterocycles. The smallest absolute Gasteiger partial charge is 0.354 e. The number of pyridine rings is 1. The maximum Gasteiger partial charge on any atom is 0.354 e. The van der Waals surface area contributed by atoms with Crippen LogP contribution in [0.15, 0.2) is 18.3 Å². The summed E-state index contributed by atoms with van der Waals surface area (Å²) in [7, 11) is 0. The summed E-state index contributed by atoms with van der Waals surface area (Å²) in [6.07, 6.45) is 2.06. The first kappa shape index (κ1) is 8.43. The van der Waals surface area contributed by atoms with E-state index in [1.54, 1.807) is 6.07 Å². The third-order valence-corrected chi connectivity index (χ3v) is 1.87. The van der Waals surface area contributed by atoms with Crippen LogP contribution in [0.3, 0.4) is 0 Å². The van der Waals surface area contributed by atoms with Crippen LogP contribution in [0.2, 0.25) is 0 Å². The summed E-state index contributed by atoms with van der Waals surface area (Å²) in [5, 5.41) is 9.33. The lowest BCUT2D eigenvalue weighted by molar-refractivity contribution is 0.0690. The lowest BCUT2D eigenvalue weighted by atomic mass is 10.2. The molecule has 0 amide bonds. The van der Waals surface area contributed by atoms with Gasteiger partial charge in [-0.2, -0.15) is 0 Å². The highest BCUT2D eigenvalue weighted by Crippen LogP contribution is 2.14. The Labute approximate surface area is 78.4 Å². The summed E-state index contributed by atoms with van der Waals surface area (Å²) < 4.78 is 0. The molecule has 14 heavy (non-hydrogen) atoms. The first-order valence-electron chi connectivity index (χ1n) is 3.88. The molecule has 0 unspecified atom stereocenters. The summed E-state index contributed by atoms with van der Waals surface area (Å²) >= 11 is 0. The largest absolute Gasteiger partial charge is 0.477 e. The first-order chi connectivity index (χ1) is 6.70. The van der Waals surface area contributed by atoms with Gasteiger partial charge in [0.2, 0.25) is 0 Å². The number of carboxylic acids is 1. The molecular formula is C9H6N2O3. The average molecular weight is 190 g/mol. The molecule has 0 saturated heterocycles. The van der Waals surface area contributed by atoms with E-state index in [0.717, 1.165) is 0 Å². The van der Waals surface area contributed by atoms with Gasteiger partial charge < -0.3 is 10.1 Å². The van der Waals surface area contributed by atoms with E-state index in [1.807, 2.05) is 0 Å². The monoisotopic (exact) mass is 190 g/mol. The van der Waals surface area contributed by atoms with E-state index in [2.05, 4.69) is 9.97 Å². The molecule has 0 radical (unpaired) electrons. The van der Waals surface area contributed by atoms with Crippen molar-refractivity contribution in [1.82, 2.24) is 9.97 Å². The third kappa shape index (κ3) is 1.24. The molecule has 0 fully saturated rings. The molecule has 70 valence electrons. The number of aromatic nitrogens is 2. The Hall–Kier alpha value is -2.17. The first-order valence-corrected chi connectivity index (χ1v) is 3.88.